The smallest absolute Gasteiger partial charge is 0.325 e. The standard InChI is InChI=1S/C24H25N5O3/c1-4-27-14-20-22(26-27)23(31)29(13-18-8-6-5-7-9-18)24(32)28(20)15-21(30)25-19-11-16(2)10-17(3)12-19/h5-12,14H,4,13,15H2,1-3H3,(H,25,30). The molecule has 4 aromatic rings. The number of amides is 1. The summed E-state index contributed by atoms with van der Waals surface area (Å²) < 4.78 is 4.04. The zero-order valence-corrected chi connectivity index (χ0v) is 18.3. The molecule has 0 saturated heterocycles. The fourth-order valence-corrected chi connectivity index (χ4v) is 3.84. The quantitative estimate of drug-likeness (QED) is 0.508. The number of aromatic nitrogens is 4. The van der Waals surface area contributed by atoms with Crippen LogP contribution in [0.1, 0.15) is 23.6 Å². The van der Waals surface area contributed by atoms with E-state index in [0.29, 0.717) is 17.7 Å². The molecule has 0 fully saturated rings. The lowest BCUT2D eigenvalue weighted by molar-refractivity contribution is -0.116. The topological polar surface area (TPSA) is 90.9 Å². The molecule has 0 aliphatic heterocycles. The first-order chi connectivity index (χ1) is 15.4. The fourth-order valence-electron chi connectivity index (χ4n) is 3.84. The summed E-state index contributed by atoms with van der Waals surface area (Å²) in [6.07, 6.45) is 1.63. The molecule has 0 unspecified atom stereocenters. The maximum absolute atomic E-state index is 13.3. The van der Waals surface area contributed by atoms with E-state index in [1.165, 1.54) is 4.57 Å². The largest absolute Gasteiger partial charge is 0.332 e. The molecule has 0 saturated carbocycles. The number of nitrogens with zero attached hydrogens (tertiary/aromatic N) is 4. The minimum atomic E-state index is -0.544. The molecule has 8 nitrogen and oxygen atoms in total. The van der Waals surface area contributed by atoms with Crippen molar-refractivity contribution in [1.82, 2.24) is 18.9 Å². The summed E-state index contributed by atoms with van der Waals surface area (Å²) in [4.78, 5) is 39.2. The minimum Gasteiger partial charge on any atom is -0.325 e. The molecule has 0 aliphatic rings. The summed E-state index contributed by atoms with van der Waals surface area (Å²) in [5.74, 6) is -0.354. The average Bonchev–Trinajstić information content (AvgIpc) is 3.19. The molecule has 2 aromatic heterocycles. The predicted octanol–water partition coefficient (Wildman–Crippen LogP) is 2.68. The molecule has 1 amide bonds. The van der Waals surface area contributed by atoms with Crippen molar-refractivity contribution in [3.8, 4) is 0 Å². The number of rotatable bonds is 6. The summed E-state index contributed by atoms with van der Waals surface area (Å²) in [7, 11) is 0. The second-order valence-corrected chi connectivity index (χ2v) is 7.89. The van der Waals surface area contributed by atoms with Crippen LogP contribution in [0.5, 0.6) is 0 Å². The Kier molecular flexibility index (Phi) is 5.77. The second kappa shape index (κ2) is 8.66. The highest BCUT2D eigenvalue weighted by molar-refractivity contribution is 5.91. The van der Waals surface area contributed by atoms with E-state index in [-0.39, 0.29) is 24.5 Å². The van der Waals surface area contributed by atoms with Crippen LogP contribution in [-0.4, -0.2) is 24.8 Å². The summed E-state index contributed by atoms with van der Waals surface area (Å²) >= 11 is 0. The molecule has 0 atom stereocenters. The van der Waals surface area contributed by atoms with Gasteiger partial charge in [0.05, 0.1) is 12.1 Å². The number of hydrogen-bond donors (Lipinski definition) is 1. The van der Waals surface area contributed by atoms with E-state index < -0.39 is 11.2 Å². The molecule has 8 heteroatoms. The Morgan fingerprint density at radius 3 is 2.34 bits per heavy atom. The number of fused-ring (bicyclic) bond motifs is 1. The van der Waals surface area contributed by atoms with Gasteiger partial charge >= 0.3 is 5.69 Å². The van der Waals surface area contributed by atoms with Crippen LogP contribution in [0.2, 0.25) is 0 Å². The van der Waals surface area contributed by atoms with Crippen molar-refractivity contribution >= 4 is 22.6 Å². The molecule has 32 heavy (non-hydrogen) atoms. The van der Waals surface area contributed by atoms with Crippen molar-refractivity contribution in [3.05, 3.63) is 92.3 Å². The van der Waals surface area contributed by atoms with Gasteiger partial charge in [-0.1, -0.05) is 36.4 Å². The minimum absolute atomic E-state index is 0.103. The molecule has 0 bridgehead atoms. The second-order valence-electron chi connectivity index (χ2n) is 7.89. The van der Waals surface area contributed by atoms with Crippen LogP contribution in [0.25, 0.3) is 11.0 Å². The van der Waals surface area contributed by atoms with E-state index in [4.69, 9.17) is 0 Å². The average molecular weight is 431 g/mol. The molecule has 2 heterocycles. The van der Waals surface area contributed by atoms with E-state index in [0.717, 1.165) is 21.3 Å². The monoisotopic (exact) mass is 431 g/mol. The summed E-state index contributed by atoms with van der Waals surface area (Å²) in [5.41, 5.74) is 3.04. The SMILES string of the molecule is CCn1cc2c(n1)c(=O)n(Cc1ccccc1)c(=O)n2CC(=O)Nc1cc(C)cc(C)c1. The van der Waals surface area contributed by atoms with Gasteiger partial charge in [-0.25, -0.2) is 4.79 Å². The van der Waals surface area contributed by atoms with E-state index in [9.17, 15) is 14.4 Å². The van der Waals surface area contributed by atoms with E-state index in [1.54, 1.807) is 10.9 Å². The third-order valence-corrected chi connectivity index (χ3v) is 5.26. The van der Waals surface area contributed by atoms with Gasteiger partial charge in [-0.15, -0.1) is 0 Å². The highest BCUT2D eigenvalue weighted by atomic mass is 16.2. The number of aryl methyl sites for hydroxylation is 3. The van der Waals surface area contributed by atoms with Crippen LogP contribution in [0, 0.1) is 13.8 Å². The van der Waals surface area contributed by atoms with Crippen molar-refractivity contribution in [2.45, 2.75) is 40.4 Å². The van der Waals surface area contributed by atoms with Crippen molar-refractivity contribution in [1.29, 1.82) is 0 Å². The van der Waals surface area contributed by atoms with E-state index in [1.807, 2.05) is 69.3 Å². The lowest BCUT2D eigenvalue weighted by Crippen LogP contribution is -2.41. The first kappa shape index (κ1) is 21.3. The third-order valence-electron chi connectivity index (χ3n) is 5.26. The number of carbonyl (C=O) groups excluding carboxylic acids is 1. The molecule has 0 radical (unpaired) electrons. The van der Waals surface area contributed by atoms with Crippen LogP contribution in [0.4, 0.5) is 5.69 Å². The Hall–Kier alpha value is -3.94. The molecule has 164 valence electrons. The van der Waals surface area contributed by atoms with Gasteiger partial charge < -0.3 is 5.32 Å². The van der Waals surface area contributed by atoms with Gasteiger partial charge in [0.2, 0.25) is 5.91 Å². The van der Waals surface area contributed by atoms with E-state index >= 15 is 0 Å². The van der Waals surface area contributed by atoms with Crippen LogP contribution in [0.3, 0.4) is 0 Å². The van der Waals surface area contributed by atoms with Gasteiger partial charge in [0.1, 0.15) is 6.54 Å². The van der Waals surface area contributed by atoms with Crippen molar-refractivity contribution in [3.63, 3.8) is 0 Å². The molecular formula is C24H25N5O3. The first-order valence-electron chi connectivity index (χ1n) is 10.5. The summed E-state index contributed by atoms with van der Waals surface area (Å²) in [6, 6.07) is 15.0. The molecule has 2 aromatic carbocycles. The van der Waals surface area contributed by atoms with Crippen LogP contribution >= 0.6 is 0 Å². The highest BCUT2D eigenvalue weighted by Crippen LogP contribution is 2.14. The van der Waals surface area contributed by atoms with Crippen LogP contribution in [-0.2, 0) is 24.4 Å². The molecule has 0 spiro atoms. The zero-order chi connectivity index (χ0) is 22.8. The van der Waals surface area contributed by atoms with Gasteiger partial charge in [-0.3, -0.25) is 23.4 Å². The van der Waals surface area contributed by atoms with Crippen LogP contribution < -0.4 is 16.6 Å². The van der Waals surface area contributed by atoms with Gasteiger partial charge in [0, 0.05) is 18.4 Å². The Labute approximate surface area is 184 Å². The van der Waals surface area contributed by atoms with Crippen molar-refractivity contribution < 1.29 is 4.79 Å². The Bertz CT molecular complexity index is 1390. The zero-order valence-electron chi connectivity index (χ0n) is 18.3. The predicted molar refractivity (Wildman–Crippen MR) is 124 cm³/mol. The van der Waals surface area contributed by atoms with Gasteiger partial charge in [-0.2, -0.15) is 5.10 Å². The van der Waals surface area contributed by atoms with Gasteiger partial charge in [0.25, 0.3) is 5.56 Å². The lowest BCUT2D eigenvalue weighted by atomic mass is 10.1. The fraction of sp³-hybridized carbons (Fsp3) is 0.250. The number of anilines is 1. The van der Waals surface area contributed by atoms with Crippen molar-refractivity contribution in [2.75, 3.05) is 5.32 Å². The molecular weight excluding hydrogens is 406 g/mol. The van der Waals surface area contributed by atoms with E-state index in [2.05, 4.69) is 10.4 Å². The number of carbonyl (C=O) groups is 1. The molecule has 1 N–H and O–H groups in total. The lowest BCUT2D eigenvalue weighted by Gasteiger charge is -2.12. The Morgan fingerprint density at radius 2 is 1.69 bits per heavy atom. The van der Waals surface area contributed by atoms with Crippen molar-refractivity contribution in [2.24, 2.45) is 0 Å². The van der Waals surface area contributed by atoms with Crippen LogP contribution in [0.15, 0.2) is 64.3 Å². The van der Waals surface area contributed by atoms with Gasteiger partial charge in [-0.05, 0) is 49.6 Å². The summed E-state index contributed by atoms with van der Waals surface area (Å²) in [6.45, 7) is 6.21. The third kappa shape index (κ3) is 4.25. The van der Waals surface area contributed by atoms with Gasteiger partial charge in [0.15, 0.2) is 5.52 Å². The maximum Gasteiger partial charge on any atom is 0.332 e. The molecule has 4 rings (SSSR count). The first-order valence-corrected chi connectivity index (χ1v) is 10.5. The Morgan fingerprint density at radius 1 is 1.00 bits per heavy atom. The number of benzene rings is 2. The number of nitrogens with one attached hydrogen (secondary N) is 1. The maximum atomic E-state index is 13.3. The normalized spacial score (nSPS) is 11.1. The highest BCUT2D eigenvalue weighted by Gasteiger charge is 2.19. The summed E-state index contributed by atoms with van der Waals surface area (Å²) in [5, 5.41) is 7.20. The molecule has 0 aliphatic carbocycles. The number of hydrogen-bond acceptors (Lipinski definition) is 4. The Balaban J connectivity index is 1.76.